The van der Waals surface area contributed by atoms with Crippen LogP contribution in [0.4, 0.5) is 4.39 Å². The summed E-state index contributed by atoms with van der Waals surface area (Å²) in [4.78, 5) is 24.3. The Hall–Kier alpha value is -1.91. The fourth-order valence-corrected chi connectivity index (χ4v) is 3.89. The maximum Gasteiger partial charge on any atom is 0.223 e. The van der Waals surface area contributed by atoms with Crippen molar-refractivity contribution in [1.82, 2.24) is 10.6 Å². The second kappa shape index (κ2) is 7.32. The van der Waals surface area contributed by atoms with Crippen LogP contribution in [0.1, 0.15) is 62.6 Å². The van der Waals surface area contributed by atoms with Crippen LogP contribution < -0.4 is 10.6 Å². The summed E-state index contributed by atoms with van der Waals surface area (Å²) in [6.07, 6.45) is 5.77. The fraction of sp³-hybridized carbons (Fsp3) is 0.579. The average Bonchev–Trinajstić information content (AvgIpc) is 3.18. The highest BCUT2D eigenvalue weighted by Crippen LogP contribution is 2.32. The highest BCUT2D eigenvalue weighted by molar-refractivity contribution is 5.81. The third-order valence-corrected chi connectivity index (χ3v) is 5.15. The van der Waals surface area contributed by atoms with Crippen LogP contribution in [0.25, 0.3) is 0 Å². The molecule has 2 N–H and O–H groups in total. The van der Waals surface area contributed by atoms with E-state index in [-0.39, 0.29) is 42.1 Å². The molecule has 2 aliphatic rings. The number of benzene rings is 1. The number of hydrogen-bond donors (Lipinski definition) is 2. The molecule has 24 heavy (non-hydrogen) atoms. The molecule has 0 bridgehead atoms. The molecule has 3 rings (SSSR count). The molecular formula is C19H25FN2O2. The van der Waals surface area contributed by atoms with Crippen molar-refractivity contribution in [1.29, 1.82) is 0 Å². The minimum absolute atomic E-state index is 0.0704. The first-order valence-electron chi connectivity index (χ1n) is 8.91. The van der Waals surface area contributed by atoms with Gasteiger partial charge in [-0.25, -0.2) is 4.39 Å². The van der Waals surface area contributed by atoms with Crippen molar-refractivity contribution in [3.8, 4) is 0 Å². The number of carbonyl (C=O) groups is 2. The van der Waals surface area contributed by atoms with Gasteiger partial charge >= 0.3 is 0 Å². The van der Waals surface area contributed by atoms with Gasteiger partial charge in [0, 0.05) is 18.4 Å². The number of amides is 2. The molecule has 2 aliphatic carbocycles. The van der Waals surface area contributed by atoms with Crippen molar-refractivity contribution < 1.29 is 14.0 Å². The van der Waals surface area contributed by atoms with E-state index in [1.54, 1.807) is 6.07 Å². The number of hydrogen-bond acceptors (Lipinski definition) is 2. The van der Waals surface area contributed by atoms with Gasteiger partial charge in [0.15, 0.2) is 0 Å². The molecule has 0 unspecified atom stereocenters. The lowest BCUT2D eigenvalue weighted by atomic mass is 10.1. The van der Waals surface area contributed by atoms with Gasteiger partial charge in [-0.05, 0) is 49.8 Å². The van der Waals surface area contributed by atoms with Gasteiger partial charge in [0.1, 0.15) is 5.82 Å². The maximum atomic E-state index is 13.7. The molecule has 5 heteroatoms. The van der Waals surface area contributed by atoms with E-state index in [1.165, 1.54) is 6.07 Å². The lowest BCUT2D eigenvalue weighted by Crippen LogP contribution is -2.40. The van der Waals surface area contributed by atoms with Crippen LogP contribution in [-0.4, -0.2) is 17.9 Å². The molecule has 1 aromatic carbocycles. The predicted octanol–water partition coefficient (Wildman–Crippen LogP) is 3.01. The summed E-state index contributed by atoms with van der Waals surface area (Å²) in [6.45, 7) is 1.86. The summed E-state index contributed by atoms with van der Waals surface area (Å²) in [5, 5.41) is 5.93. The molecule has 1 aromatic rings. The second-order valence-corrected chi connectivity index (χ2v) is 7.06. The van der Waals surface area contributed by atoms with Gasteiger partial charge in [0.2, 0.25) is 11.8 Å². The molecule has 2 atom stereocenters. The molecule has 4 nitrogen and oxygen atoms in total. The van der Waals surface area contributed by atoms with E-state index < -0.39 is 0 Å². The summed E-state index contributed by atoms with van der Waals surface area (Å²) in [5.74, 6) is -0.112. The fourth-order valence-electron chi connectivity index (χ4n) is 3.89. The average molecular weight is 332 g/mol. The van der Waals surface area contributed by atoms with E-state index in [9.17, 15) is 14.0 Å². The smallest absolute Gasteiger partial charge is 0.223 e. The Morgan fingerprint density at radius 2 is 2.00 bits per heavy atom. The third-order valence-electron chi connectivity index (χ3n) is 5.15. The molecule has 0 aliphatic heterocycles. The van der Waals surface area contributed by atoms with E-state index >= 15 is 0 Å². The lowest BCUT2D eigenvalue weighted by molar-refractivity contribution is -0.126. The van der Waals surface area contributed by atoms with Crippen molar-refractivity contribution in [2.24, 2.45) is 5.92 Å². The molecule has 2 amide bonds. The predicted molar refractivity (Wildman–Crippen MR) is 89.8 cm³/mol. The van der Waals surface area contributed by atoms with Crippen LogP contribution in [0.3, 0.4) is 0 Å². The van der Waals surface area contributed by atoms with Crippen LogP contribution in [0, 0.1) is 11.7 Å². The monoisotopic (exact) mass is 332 g/mol. The second-order valence-electron chi connectivity index (χ2n) is 7.06. The van der Waals surface area contributed by atoms with Gasteiger partial charge in [0.25, 0.3) is 0 Å². The summed E-state index contributed by atoms with van der Waals surface area (Å²) in [7, 11) is 0. The van der Waals surface area contributed by atoms with Gasteiger partial charge < -0.3 is 10.6 Å². The van der Waals surface area contributed by atoms with Crippen LogP contribution in [-0.2, 0) is 16.0 Å². The Balaban J connectivity index is 1.49. The normalized spacial score (nSPS) is 21.3. The topological polar surface area (TPSA) is 58.2 Å². The third kappa shape index (κ3) is 3.77. The standard InChI is InChI=1S/C19H25FN2O2/c1-12(21-19(24)13-5-2-3-6-13)11-18(23)22-17-10-9-14-15(17)7-4-8-16(14)20/h4,7-8,12-13,17H,2-3,5-6,9-11H2,1H3,(H,21,24)(H,22,23)/t12-,17-/m0/s1. The Labute approximate surface area is 142 Å². The lowest BCUT2D eigenvalue weighted by Gasteiger charge is -2.19. The number of rotatable bonds is 5. The summed E-state index contributed by atoms with van der Waals surface area (Å²) in [5.41, 5.74) is 1.59. The van der Waals surface area contributed by atoms with E-state index in [0.29, 0.717) is 12.0 Å². The van der Waals surface area contributed by atoms with E-state index in [4.69, 9.17) is 0 Å². The largest absolute Gasteiger partial charge is 0.353 e. The van der Waals surface area contributed by atoms with Crippen molar-refractivity contribution in [2.45, 2.75) is 64.0 Å². The van der Waals surface area contributed by atoms with Gasteiger partial charge in [-0.15, -0.1) is 0 Å². The zero-order chi connectivity index (χ0) is 17.1. The van der Waals surface area contributed by atoms with Crippen LogP contribution in [0.5, 0.6) is 0 Å². The maximum absolute atomic E-state index is 13.7. The summed E-state index contributed by atoms with van der Waals surface area (Å²) < 4.78 is 13.7. The molecule has 0 spiro atoms. The summed E-state index contributed by atoms with van der Waals surface area (Å²) in [6, 6.07) is 4.71. The first kappa shape index (κ1) is 16.9. The first-order valence-corrected chi connectivity index (χ1v) is 8.91. The molecule has 0 radical (unpaired) electrons. The van der Waals surface area contributed by atoms with Crippen molar-refractivity contribution in [3.05, 3.63) is 35.1 Å². The number of halogens is 1. The number of fused-ring (bicyclic) bond motifs is 1. The SMILES string of the molecule is C[C@@H](CC(=O)N[C@H]1CCc2c(F)cccc21)NC(=O)C1CCCC1. The molecule has 0 saturated heterocycles. The summed E-state index contributed by atoms with van der Waals surface area (Å²) >= 11 is 0. The van der Waals surface area contributed by atoms with E-state index in [2.05, 4.69) is 10.6 Å². The number of carbonyl (C=O) groups excluding carboxylic acids is 2. The Morgan fingerprint density at radius 1 is 1.25 bits per heavy atom. The minimum Gasteiger partial charge on any atom is -0.353 e. The van der Waals surface area contributed by atoms with E-state index in [0.717, 1.165) is 37.7 Å². The quantitative estimate of drug-likeness (QED) is 0.871. The Morgan fingerprint density at radius 3 is 2.75 bits per heavy atom. The Kier molecular flexibility index (Phi) is 5.17. The molecule has 0 aromatic heterocycles. The molecule has 130 valence electrons. The minimum atomic E-state index is -0.193. The first-order chi connectivity index (χ1) is 11.5. The molecule has 0 heterocycles. The zero-order valence-corrected chi connectivity index (χ0v) is 14.1. The molecular weight excluding hydrogens is 307 g/mol. The van der Waals surface area contributed by atoms with Crippen molar-refractivity contribution in [3.63, 3.8) is 0 Å². The van der Waals surface area contributed by atoms with Crippen LogP contribution in [0.15, 0.2) is 18.2 Å². The van der Waals surface area contributed by atoms with Crippen LogP contribution >= 0.6 is 0 Å². The van der Waals surface area contributed by atoms with Crippen molar-refractivity contribution in [2.75, 3.05) is 0 Å². The Bertz CT molecular complexity index is 626. The van der Waals surface area contributed by atoms with Gasteiger partial charge in [-0.1, -0.05) is 25.0 Å². The van der Waals surface area contributed by atoms with Gasteiger partial charge in [-0.3, -0.25) is 9.59 Å². The zero-order valence-electron chi connectivity index (χ0n) is 14.1. The highest BCUT2D eigenvalue weighted by Gasteiger charge is 2.27. The highest BCUT2D eigenvalue weighted by atomic mass is 19.1. The molecule has 1 saturated carbocycles. The van der Waals surface area contributed by atoms with Gasteiger partial charge in [0.05, 0.1) is 6.04 Å². The number of nitrogens with one attached hydrogen (secondary N) is 2. The van der Waals surface area contributed by atoms with Crippen molar-refractivity contribution >= 4 is 11.8 Å². The molecule has 1 fully saturated rings. The van der Waals surface area contributed by atoms with E-state index in [1.807, 2.05) is 13.0 Å². The van der Waals surface area contributed by atoms with Crippen LogP contribution in [0.2, 0.25) is 0 Å². The van der Waals surface area contributed by atoms with Gasteiger partial charge in [-0.2, -0.15) is 0 Å².